The van der Waals surface area contributed by atoms with Crippen LogP contribution in [0.4, 0.5) is 5.69 Å². The van der Waals surface area contributed by atoms with Gasteiger partial charge in [0.15, 0.2) is 0 Å². The number of anilines is 1. The van der Waals surface area contributed by atoms with E-state index in [1.54, 1.807) is 4.90 Å². The lowest BCUT2D eigenvalue weighted by molar-refractivity contribution is -0.131. The summed E-state index contributed by atoms with van der Waals surface area (Å²) >= 11 is 0. The minimum Gasteiger partial charge on any atom is -0.342 e. The molecule has 1 aromatic carbocycles. The average Bonchev–Trinajstić information content (AvgIpc) is 3.25. The molecule has 1 N–H and O–H groups in total. The number of nitrogens with one attached hydrogen (secondary N) is 1. The van der Waals surface area contributed by atoms with E-state index >= 15 is 0 Å². The summed E-state index contributed by atoms with van der Waals surface area (Å²) in [5, 5.41) is 2.83. The van der Waals surface area contributed by atoms with Crippen LogP contribution >= 0.6 is 0 Å². The molecule has 2 amide bonds. The number of carbonyl (C=O) groups excluding carboxylic acids is 2. The van der Waals surface area contributed by atoms with Crippen molar-refractivity contribution in [2.45, 2.75) is 32.2 Å². The summed E-state index contributed by atoms with van der Waals surface area (Å²) < 4.78 is 0. The van der Waals surface area contributed by atoms with Gasteiger partial charge in [-0.05, 0) is 42.9 Å². The Morgan fingerprint density at radius 2 is 2.11 bits per heavy atom. The van der Waals surface area contributed by atoms with E-state index in [2.05, 4.69) is 12.2 Å². The van der Waals surface area contributed by atoms with Gasteiger partial charge in [-0.15, -0.1) is 0 Å². The molecule has 1 atom stereocenters. The quantitative estimate of drug-likeness (QED) is 0.893. The molecule has 0 bridgehead atoms. The van der Waals surface area contributed by atoms with Crippen molar-refractivity contribution >= 4 is 17.5 Å². The van der Waals surface area contributed by atoms with E-state index in [-0.39, 0.29) is 24.4 Å². The maximum absolute atomic E-state index is 12.5. The lowest BCUT2D eigenvalue weighted by atomic mass is 10.1. The van der Waals surface area contributed by atoms with Crippen LogP contribution < -0.4 is 10.2 Å². The first-order chi connectivity index (χ1) is 9.19. The highest BCUT2D eigenvalue weighted by Crippen LogP contribution is 2.35. The number of amides is 2. The summed E-state index contributed by atoms with van der Waals surface area (Å²) in [5.74, 6) is 0.322. The predicted molar refractivity (Wildman–Crippen MR) is 72.8 cm³/mol. The fourth-order valence-electron chi connectivity index (χ4n) is 2.58. The van der Waals surface area contributed by atoms with Crippen molar-refractivity contribution in [2.75, 3.05) is 11.4 Å². The third-order valence-electron chi connectivity index (χ3n) is 3.87. The number of rotatable bonds is 3. The minimum atomic E-state index is -0.313. The largest absolute Gasteiger partial charge is 0.342 e. The number of aryl methyl sites for hydroxylation is 1. The molecule has 0 spiro atoms. The molecule has 19 heavy (non-hydrogen) atoms. The van der Waals surface area contributed by atoms with Gasteiger partial charge in [-0.2, -0.15) is 0 Å². The van der Waals surface area contributed by atoms with Crippen molar-refractivity contribution in [3.8, 4) is 0 Å². The first-order valence-corrected chi connectivity index (χ1v) is 6.88. The van der Waals surface area contributed by atoms with Crippen LogP contribution in [0, 0.1) is 5.92 Å². The molecule has 1 saturated carbocycles. The molecule has 0 aromatic heterocycles. The zero-order valence-corrected chi connectivity index (χ0v) is 11.1. The molecule has 3 rings (SSSR count). The Labute approximate surface area is 112 Å². The summed E-state index contributed by atoms with van der Waals surface area (Å²) in [4.78, 5) is 25.9. The standard InChI is InChI=1S/C15H18N2O2/c1-2-10-4-3-5-12(8-10)17-9-13(18)16-14(15(17)19)11-6-7-11/h3-5,8,11,14H,2,6-7,9H2,1H3,(H,16,18). The molecule has 2 aliphatic rings. The van der Waals surface area contributed by atoms with Crippen molar-refractivity contribution in [3.05, 3.63) is 29.8 Å². The molecule has 1 unspecified atom stereocenters. The zero-order chi connectivity index (χ0) is 13.4. The molecule has 4 heteroatoms. The van der Waals surface area contributed by atoms with E-state index in [1.807, 2.05) is 24.3 Å². The Kier molecular flexibility index (Phi) is 3.01. The smallest absolute Gasteiger partial charge is 0.250 e. The van der Waals surface area contributed by atoms with Gasteiger partial charge in [0.25, 0.3) is 0 Å². The summed E-state index contributed by atoms with van der Waals surface area (Å²) in [6.45, 7) is 2.21. The Bertz CT molecular complexity index is 523. The molecule has 1 heterocycles. The van der Waals surface area contributed by atoms with Crippen molar-refractivity contribution in [2.24, 2.45) is 5.92 Å². The number of carbonyl (C=O) groups is 2. The fourth-order valence-corrected chi connectivity index (χ4v) is 2.58. The first-order valence-electron chi connectivity index (χ1n) is 6.88. The lowest BCUT2D eigenvalue weighted by Gasteiger charge is -2.32. The summed E-state index contributed by atoms with van der Waals surface area (Å²) in [6, 6.07) is 7.57. The van der Waals surface area contributed by atoms with Gasteiger partial charge in [0, 0.05) is 5.69 Å². The third-order valence-corrected chi connectivity index (χ3v) is 3.87. The van der Waals surface area contributed by atoms with E-state index in [9.17, 15) is 9.59 Å². The van der Waals surface area contributed by atoms with Crippen LogP contribution in [0.3, 0.4) is 0 Å². The predicted octanol–water partition coefficient (Wildman–Crippen LogP) is 1.49. The Hall–Kier alpha value is -1.84. The highest BCUT2D eigenvalue weighted by molar-refractivity contribution is 6.06. The molecular formula is C15H18N2O2. The van der Waals surface area contributed by atoms with E-state index < -0.39 is 0 Å². The molecule has 1 aliphatic heterocycles. The average molecular weight is 258 g/mol. The summed E-state index contributed by atoms with van der Waals surface area (Å²) in [7, 11) is 0. The van der Waals surface area contributed by atoms with Crippen molar-refractivity contribution in [1.29, 1.82) is 0 Å². The Morgan fingerprint density at radius 3 is 2.79 bits per heavy atom. The number of hydrogen-bond acceptors (Lipinski definition) is 2. The molecule has 1 aromatic rings. The van der Waals surface area contributed by atoms with Crippen LogP contribution in [0.2, 0.25) is 0 Å². The highest BCUT2D eigenvalue weighted by Gasteiger charge is 2.42. The van der Waals surface area contributed by atoms with Gasteiger partial charge < -0.3 is 10.2 Å². The Balaban J connectivity index is 1.88. The summed E-state index contributed by atoms with van der Waals surface area (Å²) in [6.07, 6.45) is 3.01. The number of benzene rings is 1. The zero-order valence-electron chi connectivity index (χ0n) is 11.1. The molecule has 1 saturated heterocycles. The molecule has 1 aliphatic carbocycles. The maximum atomic E-state index is 12.5. The van der Waals surface area contributed by atoms with Gasteiger partial charge in [0.2, 0.25) is 11.8 Å². The molecule has 100 valence electrons. The lowest BCUT2D eigenvalue weighted by Crippen LogP contribution is -2.59. The minimum absolute atomic E-state index is 0.0374. The van der Waals surface area contributed by atoms with Crippen LogP contribution in [0.5, 0.6) is 0 Å². The van der Waals surface area contributed by atoms with Gasteiger partial charge in [-0.3, -0.25) is 9.59 Å². The molecule has 4 nitrogen and oxygen atoms in total. The van der Waals surface area contributed by atoms with Gasteiger partial charge in [0.05, 0.1) is 0 Å². The second kappa shape index (κ2) is 4.68. The maximum Gasteiger partial charge on any atom is 0.250 e. The van der Waals surface area contributed by atoms with Crippen LogP contribution in [-0.2, 0) is 16.0 Å². The van der Waals surface area contributed by atoms with E-state index in [0.29, 0.717) is 5.92 Å². The Morgan fingerprint density at radius 1 is 1.32 bits per heavy atom. The second-order valence-electron chi connectivity index (χ2n) is 5.33. The van der Waals surface area contributed by atoms with Crippen LogP contribution in [0.1, 0.15) is 25.3 Å². The van der Waals surface area contributed by atoms with Gasteiger partial charge in [-0.25, -0.2) is 0 Å². The first kappa shape index (κ1) is 12.2. The number of nitrogens with zero attached hydrogens (tertiary/aromatic N) is 1. The van der Waals surface area contributed by atoms with E-state index in [4.69, 9.17) is 0 Å². The number of hydrogen-bond donors (Lipinski definition) is 1. The van der Waals surface area contributed by atoms with Crippen molar-refractivity contribution < 1.29 is 9.59 Å². The topological polar surface area (TPSA) is 49.4 Å². The highest BCUT2D eigenvalue weighted by atomic mass is 16.2. The van der Waals surface area contributed by atoms with Gasteiger partial charge in [0.1, 0.15) is 12.6 Å². The van der Waals surface area contributed by atoms with E-state index in [0.717, 1.165) is 24.9 Å². The van der Waals surface area contributed by atoms with Crippen LogP contribution in [0.15, 0.2) is 24.3 Å². The number of piperazine rings is 1. The molecule has 0 radical (unpaired) electrons. The monoisotopic (exact) mass is 258 g/mol. The molecule has 2 fully saturated rings. The van der Waals surface area contributed by atoms with Crippen molar-refractivity contribution in [1.82, 2.24) is 5.32 Å². The van der Waals surface area contributed by atoms with Crippen molar-refractivity contribution in [3.63, 3.8) is 0 Å². The summed E-state index contributed by atoms with van der Waals surface area (Å²) in [5.41, 5.74) is 2.02. The normalized spacial score (nSPS) is 23.4. The fraction of sp³-hybridized carbons (Fsp3) is 0.467. The third kappa shape index (κ3) is 2.35. The van der Waals surface area contributed by atoms with E-state index in [1.165, 1.54) is 5.56 Å². The van der Waals surface area contributed by atoms with Gasteiger partial charge in [-0.1, -0.05) is 19.1 Å². The van der Waals surface area contributed by atoms with Crippen LogP contribution in [0.25, 0.3) is 0 Å². The van der Waals surface area contributed by atoms with Crippen LogP contribution in [-0.4, -0.2) is 24.4 Å². The SMILES string of the molecule is CCc1cccc(N2CC(=O)NC(C3CC3)C2=O)c1. The van der Waals surface area contributed by atoms with Gasteiger partial charge >= 0.3 is 0 Å². The molecular weight excluding hydrogens is 240 g/mol. The second-order valence-corrected chi connectivity index (χ2v) is 5.33.